The maximum atomic E-state index is 13.9. The van der Waals surface area contributed by atoms with E-state index in [2.05, 4.69) is 5.32 Å². The third-order valence-corrected chi connectivity index (χ3v) is 5.72. The van der Waals surface area contributed by atoms with Gasteiger partial charge in [0.05, 0.1) is 6.10 Å². The van der Waals surface area contributed by atoms with Gasteiger partial charge in [-0.15, -0.1) is 0 Å². The van der Waals surface area contributed by atoms with Crippen LogP contribution in [-0.4, -0.2) is 60.5 Å². The third-order valence-electron chi connectivity index (χ3n) is 5.72. The number of methoxy groups -OCH3 is 1. The molecule has 33 heavy (non-hydrogen) atoms. The lowest BCUT2D eigenvalue weighted by molar-refractivity contribution is -0.277. The number of amides is 1. The topological polar surface area (TPSA) is 97.3 Å². The molecule has 1 heterocycles. The Hall–Kier alpha value is -2.52. The van der Waals surface area contributed by atoms with Gasteiger partial charge in [0.15, 0.2) is 0 Å². The molecule has 1 fully saturated rings. The highest BCUT2D eigenvalue weighted by Crippen LogP contribution is 2.32. The van der Waals surface area contributed by atoms with E-state index in [1.165, 1.54) is 26.2 Å². The molecule has 0 spiro atoms. The third kappa shape index (κ3) is 6.29. The fourth-order valence-electron chi connectivity index (χ4n) is 4.09. The summed E-state index contributed by atoms with van der Waals surface area (Å²) >= 11 is 0. The van der Waals surface area contributed by atoms with Gasteiger partial charge in [-0.3, -0.25) is 4.79 Å². The first-order valence-corrected chi connectivity index (χ1v) is 11.2. The van der Waals surface area contributed by atoms with E-state index in [4.69, 9.17) is 14.2 Å². The van der Waals surface area contributed by atoms with E-state index in [9.17, 15) is 19.4 Å². The molecular weight excluding hydrogens is 429 g/mol. The summed E-state index contributed by atoms with van der Waals surface area (Å²) in [5, 5.41) is 23.8. The van der Waals surface area contributed by atoms with E-state index in [0.29, 0.717) is 30.7 Å². The van der Waals surface area contributed by atoms with Gasteiger partial charge < -0.3 is 29.7 Å². The van der Waals surface area contributed by atoms with E-state index in [1.54, 1.807) is 24.3 Å². The van der Waals surface area contributed by atoms with Crippen molar-refractivity contribution in [1.29, 1.82) is 0 Å². The Balaban J connectivity index is 1.87. The number of ether oxygens (including phenoxy) is 3. The molecule has 0 aromatic heterocycles. The van der Waals surface area contributed by atoms with Gasteiger partial charge in [0.2, 0.25) is 12.2 Å². The first-order valence-electron chi connectivity index (χ1n) is 11.2. The second-order valence-corrected chi connectivity index (χ2v) is 8.19. The number of benzene rings is 2. The lowest BCUT2D eigenvalue weighted by Gasteiger charge is -2.41. The van der Waals surface area contributed by atoms with Crippen molar-refractivity contribution in [2.75, 3.05) is 13.7 Å². The molecule has 0 saturated carbocycles. The van der Waals surface area contributed by atoms with Crippen molar-refractivity contribution in [2.45, 2.75) is 63.8 Å². The normalized spacial score (nSPS) is 25.0. The van der Waals surface area contributed by atoms with E-state index in [0.717, 1.165) is 17.5 Å². The molecule has 2 aromatic carbocycles. The first-order chi connectivity index (χ1) is 15.8. The molecule has 0 unspecified atom stereocenters. The van der Waals surface area contributed by atoms with Crippen molar-refractivity contribution in [3.63, 3.8) is 0 Å². The monoisotopic (exact) mass is 461 g/mol. The minimum absolute atomic E-state index is 0.125. The molecule has 1 saturated heterocycles. The fraction of sp³-hybridized carbons (Fsp3) is 0.480. The van der Waals surface area contributed by atoms with E-state index in [-0.39, 0.29) is 11.7 Å². The SMILES string of the molecule is CCC[C@H]1O[C@@H](Oc2ccc(CCNC(C)=O)c(-c3cccc(F)c3)c2)[C@H](O)[C@H](O)[C@H]1OC. The Bertz CT molecular complexity index is 939. The number of rotatable bonds is 9. The van der Waals surface area contributed by atoms with Crippen molar-refractivity contribution in [1.82, 2.24) is 5.32 Å². The number of carbonyl (C=O) groups excluding carboxylic acids is 1. The van der Waals surface area contributed by atoms with Crippen LogP contribution < -0.4 is 10.1 Å². The molecule has 0 bridgehead atoms. The minimum atomic E-state index is -1.31. The van der Waals surface area contributed by atoms with Gasteiger partial charge in [0.25, 0.3) is 0 Å². The number of nitrogens with one attached hydrogen (secondary N) is 1. The van der Waals surface area contributed by atoms with Crippen LogP contribution in [0.1, 0.15) is 32.3 Å². The fourth-order valence-corrected chi connectivity index (χ4v) is 4.09. The summed E-state index contributed by atoms with van der Waals surface area (Å²) in [5.74, 6) is -0.0889. The van der Waals surface area contributed by atoms with Crippen LogP contribution in [0.3, 0.4) is 0 Å². The molecule has 3 rings (SSSR count). The lowest BCUT2D eigenvalue weighted by atomic mass is 9.95. The van der Waals surface area contributed by atoms with Crippen LogP contribution in [0.5, 0.6) is 5.75 Å². The molecule has 8 heteroatoms. The summed E-state index contributed by atoms with van der Waals surface area (Å²) in [4.78, 5) is 11.2. The predicted octanol–water partition coefficient (Wildman–Crippen LogP) is 2.81. The van der Waals surface area contributed by atoms with Gasteiger partial charge >= 0.3 is 0 Å². The van der Waals surface area contributed by atoms with Crippen LogP contribution in [0.2, 0.25) is 0 Å². The van der Waals surface area contributed by atoms with Gasteiger partial charge in [0.1, 0.15) is 29.9 Å². The number of carbonyl (C=O) groups is 1. The minimum Gasteiger partial charge on any atom is -0.462 e. The van der Waals surface area contributed by atoms with Gasteiger partial charge in [-0.25, -0.2) is 4.39 Å². The molecule has 0 aliphatic carbocycles. The van der Waals surface area contributed by atoms with E-state index < -0.39 is 30.7 Å². The first kappa shape index (κ1) is 25.1. The summed E-state index contributed by atoms with van der Waals surface area (Å²) in [6, 6.07) is 11.5. The smallest absolute Gasteiger partial charge is 0.229 e. The lowest BCUT2D eigenvalue weighted by Crippen LogP contribution is -2.59. The Labute approximate surface area is 193 Å². The van der Waals surface area contributed by atoms with Crippen molar-refractivity contribution in [3.8, 4) is 16.9 Å². The van der Waals surface area contributed by atoms with E-state index in [1.807, 2.05) is 13.0 Å². The molecule has 1 aliphatic rings. The maximum Gasteiger partial charge on any atom is 0.229 e. The maximum absolute atomic E-state index is 13.9. The standard InChI is InChI=1S/C25H32FNO6/c1-4-6-21-24(31-3)22(29)23(30)25(33-21)32-19-10-9-16(11-12-27-15(2)28)20(14-19)17-7-5-8-18(26)13-17/h5,7-10,13-14,21-25,29-30H,4,6,11-12H2,1-3H3,(H,27,28)/t21-,22+,23-,24+,25-/m1/s1. The molecule has 180 valence electrons. The summed E-state index contributed by atoms with van der Waals surface area (Å²) in [6.45, 7) is 3.88. The number of aliphatic hydroxyl groups is 2. The average Bonchev–Trinajstić information content (AvgIpc) is 2.78. The highest BCUT2D eigenvalue weighted by Gasteiger charge is 2.45. The second kappa shape index (κ2) is 11.6. The van der Waals surface area contributed by atoms with Crippen LogP contribution >= 0.6 is 0 Å². The van der Waals surface area contributed by atoms with Crippen LogP contribution in [0.25, 0.3) is 11.1 Å². The molecule has 0 radical (unpaired) electrons. The summed E-state index contributed by atoms with van der Waals surface area (Å²) in [5.41, 5.74) is 2.30. The van der Waals surface area contributed by atoms with Crippen LogP contribution in [0.4, 0.5) is 4.39 Å². The highest BCUT2D eigenvalue weighted by atomic mass is 19.1. The van der Waals surface area contributed by atoms with Crippen molar-refractivity contribution in [2.24, 2.45) is 0 Å². The zero-order valence-electron chi connectivity index (χ0n) is 19.2. The highest BCUT2D eigenvalue weighted by molar-refractivity contribution is 5.73. The molecular formula is C25H32FNO6. The molecule has 1 amide bonds. The van der Waals surface area contributed by atoms with Gasteiger partial charge in [-0.05, 0) is 53.8 Å². The van der Waals surface area contributed by atoms with Crippen LogP contribution in [-0.2, 0) is 20.7 Å². The molecule has 5 atom stereocenters. The number of halogens is 1. The summed E-state index contributed by atoms with van der Waals surface area (Å²) in [7, 11) is 1.47. The zero-order chi connectivity index (χ0) is 24.0. The summed E-state index contributed by atoms with van der Waals surface area (Å²) < 4.78 is 31.1. The van der Waals surface area contributed by atoms with Gasteiger partial charge in [-0.1, -0.05) is 31.5 Å². The number of hydrogen-bond acceptors (Lipinski definition) is 6. The average molecular weight is 462 g/mol. The number of aliphatic hydroxyl groups excluding tert-OH is 2. The van der Waals surface area contributed by atoms with Crippen LogP contribution in [0, 0.1) is 5.82 Å². The van der Waals surface area contributed by atoms with Crippen molar-refractivity contribution < 1.29 is 33.6 Å². The van der Waals surface area contributed by atoms with Gasteiger partial charge in [-0.2, -0.15) is 0 Å². The Morgan fingerprint density at radius 1 is 1.18 bits per heavy atom. The zero-order valence-corrected chi connectivity index (χ0v) is 19.2. The van der Waals surface area contributed by atoms with Crippen LogP contribution in [0.15, 0.2) is 42.5 Å². The Morgan fingerprint density at radius 3 is 2.64 bits per heavy atom. The molecule has 1 aliphatic heterocycles. The quantitative estimate of drug-likeness (QED) is 0.531. The number of hydrogen-bond donors (Lipinski definition) is 3. The molecule has 7 nitrogen and oxygen atoms in total. The Kier molecular flexibility index (Phi) is 8.80. The second-order valence-electron chi connectivity index (χ2n) is 8.19. The Morgan fingerprint density at radius 2 is 1.97 bits per heavy atom. The van der Waals surface area contributed by atoms with Gasteiger partial charge in [0, 0.05) is 20.6 Å². The van der Waals surface area contributed by atoms with Crippen molar-refractivity contribution >= 4 is 5.91 Å². The van der Waals surface area contributed by atoms with E-state index >= 15 is 0 Å². The largest absolute Gasteiger partial charge is 0.462 e. The summed E-state index contributed by atoms with van der Waals surface area (Å²) in [6.07, 6.45) is -2.65. The predicted molar refractivity (Wildman–Crippen MR) is 121 cm³/mol. The molecule has 2 aromatic rings. The van der Waals surface area contributed by atoms with Crippen molar-refractivity contribution in [3.05, 3.63) is 53.8 Å². The molecule has 3 N–H and O–H groups in total.